The van der Waals surface area contributed by atoms with Crippen LogP contribution < -0.4 is 10.1 Å². The number of halogens is 1. The van der Waals surface area contributed by atoms with Crippen LogP contribution >= 0.6 is 0 Å². The van der Waals surface area contributed by atoms with Crippen molar-refractivity contribution in [3.05, 3.63) is 53.4 Å². The number of tetrazole rings is 1. The zero-order valence-corrected chi connectivity index (χ0v) is 18.4. The summed E-state index contributed by atoms with van der Waals surface area (Å²) >= 11 is 0. The Bertz CT molecular complexity index is 1140. The van der Waals surface area contributed by atoms with Crippen LogP contribution in [0.15, 0.2) is 30.5 Å². The Morgan fingerprint density at radius 2 is 2.12 bits per heavy atom. The first-order chi connectivity index (χ1) is 15.4. The van der Waals surface area contributed by atoms with Crippen molar-refractivity contribution in [3.8, 4) is 5.75 Å². The standard InChI is InChI=1S/C22H26FN7O2/c1-4-6-11-32-14-7-8-16(17(23)12-14)22(3)13-15(18-9-10-30(5-2)27-18)19(21(31)24-22)20-25-28-29-26-20/h7-10,12H,4-6,11,13H2,1-3H3,(H,24,31)(H,25,26,28,29)/t22-/m0/s1. The molecule has 2 N–H and O–H groups in total. The van der Waals surface area contributed by atoms with Crippen molar-refractivity contribution in [3.63, 3.8) is 0 Å². The fourth-order valence-electron chi connectivity index (χ4n) is 3.89. The van der Waals surface area contributed by atoms with Crippen LogP contribution in [0.3, 0.4) is 0 Å². The fourth-order valence-corrected chi connectivity index (χ4v) is 3.89. The third-order valence-electron chi connectivity index (χ3n) is 5.59. The van der Waals surface area contributed by atoms with E-state index in [4.69, 9.17) is 4.74 Å². The van der Waals surface area contributed by atoms with Gasteiger partial charge in [-0.15, -0.1) is 10.2 Å². The smallest absolute Gasteiger partial charge is 0.256 e. The number of amides is 1. The predicted molar refractivity (Wildman–Crippen MR) is 116 cm³/mol. The van der Waals surface area contributed by atoms with Crippen LogP contribution in [0.25, 0.3) is 11.1 Å². The molecule has 4 rings (SSSR count). The number of carbonyl (C=O) groups is 1. The van der Waals surface area contributed by atoms with Gasteiger partial charge in [-0.2, -0.15) is 10.3 Å². The van der Waals surface area contributed by atoms with E-state index in [0.717, 1.165) is 12.8 Å². The largest absolute Gasteiger partial charge is 0.493 e. The molecule has 9 nitrogen and oxygen atoms in total. The zero-order chi connectivity index (χ0) is 22.7. The van der Waals surface area contributed by atoms with E-state index in [-0.39, 0.29) is 11.4 Å². The molecule has 1 aromatic carbocycles. The summed E-state index contributed by atoms with van der Waals surface area (Å²) in [6.45, 7) is 7.05. The minimum absolute atomic E-state index is 0.172. The molecule has 0 spiro atoms. The molecule has 3 aromatic rings. The van der Waals surface area contributed by atoms with Gasteiger partial charge in [0, 0.05) is 30.8 Å². The van der Waals surface area contributed by atoms with Gasteiger partial charge in [0.05, 0.1) is 23.4 Å². The Morgan fingerprint density at radius 3 is 2.78 bits per heavy atom. The number of H-pyrrole nitrogens is 1. The average Bonchev–Trinajstić information content (AvgIpc) is 3.45. The summed E-state index contributed by atoms with van der Waals surface area (Å²) in [4.78, 5) is 13.2. The SMILES string of the molecule is CCCCOc1ccc([C@]2(C)CC(c3ccn(CC)n3)=C(c3nn[nH]n3)C(=O)N2)c(F)c1. The molecule has 3 heterocycles. The predicted octanol–water partition coefficient (Wildman–Crippen LogP) is 3.08. The number of unbranched alkanes of at least 4 members (excludes halogenated alkanes) is 1. The summed E-state index contributed by atoms with van der Waals surface area (Å²) in [7, 11) is 0. The molecule has 0 unspecified atom stereocenters. The lowest BCUT2D eigenvalue weighted by atomic mass is 9.79. The van der Waals surface area contributed by atoms with E-state index < -0.39 is 17.3 Å². The maximum atomic E-state index is 15.2. The molecule has 0 saturated heterocycles. The van der Waals surface area contributed by atoms with Crippen molar-refractivity contribution in [1.29, 1.82) is 0 Å². The van der Waals surface area contributed by atoms with Gasteiger partial charge in [-0.1, -0.05) is 19.4 Å². The molecule has 1 aliphatic rings. The molecule has 0 aliphatic carbocycles. The lowest BCUT2D eigenvalue weighted by molar-refractivity contribution is -0.117. The molecule has 0 bridgehead atoms. The highest BCUT2D eigenvalue weighted by atomic mass is 19.1. The van der Waals surface area contributed by atoms with Crippen molar-refractivity contribution in [2.75, 3.05) is 6.61 Å². The number of benzene rings is 1. The number of nitrogens with one attached hydrogen (secondary N) is 2. The second-order valence-electron chi connectivity index (χ2n) is 7.95. The molecule has 1 amide bonds. The van der Waals surface area contributed by atoms with Crippen molar-refractivity contribution in [2.45, 2.75) is 52.1 Å². The summed E-state index contributed by atoms with van der Waals surface area (Å²) < 4.78 is 22.6. The Kier molecular flexibility index (Phi) is 6.02. The average molecular weight is 439 g/mol. The van der Waals surface area contributed by atoms with Gasteiger partial charge in [-0.25, -0.2) is 4.39 Å². The van der Waals surface area contributed by atoms with E-state index in [1.54, 1.807) is 23.7 Å². The number of hydrogen-bond acceptors (Lipinski definition) is 6. The van der Waals surface area contributed by atoms with E-state index in [9.17, 15) is 4.79 Å². The van der Waals surface area contributed by atoms with Crippen molar-refractivity contribution >= 4 is 17.1 Å². The number of nitrogens with zero attached hydrogens (tertiary/aromatic N) is 5. The first-order valence-electron chi connectivity index (χ1n) is 10.7. The summed E-state index contributed by atoms with van der Waals surface area (Å²) in [5.74, 6) is -0.215. The lowest BCUT2D eigenvalue weighted by Crippen LogP contribution is -2.48. The number of rotatable bonds is 8. The van der Waals surface area contributed by atoms with Gasteiger partial charge in [0.1, 0.15) is 11.6 Å². The monoisotopic (exact) mass is 439 g/mol. The molecule has 32 heavy (non-hydrogen) atoms. The minimum Gasteiger partial charge on any atom is -0.493 e. The first-order valence-corrected chi connectivity index (χ1v) is 10.7. The number of aryl methyl sites for hydroxylation is 1. The van der Waals surface area contributed by atoms with Crippen LogP contribution in [0.5, 0.6) is 5.75 Å². The van der Waals surface area contributed by atoms with E-state index in [1.807, 2.05) is 19.2 Å². The van der Waals surface area contributed by atoms with E-state index in [0.29, 0.717) is 42.2 Å². The topological polar surface area (TPSA) is 111 Å². The number of aromatic nitrogens is 6. The van der Waals surface area contributed by atoms with Gasteiger partial charge in [-0.3, -0.25) is 9.48 Å². The van der Waals surface area contributed by atoms with Crippen LogP contribution in [0.1, 0.15) is 57.1 Å². The highest BCUT2D eigenvalue weighted by Crippen LogP contribution is 2.41. The van der Waals surface area contributed by atoms with Crippen LogP contribution in [-0.4, -0.2) is 42.9 Å². The summed E-state index contributed by atoms with van der Waals surface area (Å²) in [6.07, 6.45) is 4.03. The molecular formula is C22H26FN7O2. The van der Waals surface area contributed by atoms with Crippen LogP contribution in [0.2, 0.25) is 0 Å². The summed E-state index contributed by atoms with van der Waals surface area (Å²) in [5.41, 5.74) is 0.896. The molecule has 2 aromatic heterocycles. The molecule has 1 aliphatic heterocycles. The van der Waals surface area contributed by atoms with Crippen LogP contribution in [-0.2, 0) is 16.9 Å². The number of hydrogen-bond donors (Lipinski definition) is 2. The highest BCUT2D eigenvalue weighted by Gasteiger charge is 2.41. The molecule has 0 saturated carbocycles. The maximum Gasteiger partial charge on any atom is 0.256 e. The fraction of sp³-hybridized carbons (Fsp3) is 0.409. The van der Waals surface area contributed by atoms with E-state index in [1.165, 1.54) is 6.07 Å². The Hall–Kier alpha value is -3.56. The molecule has 1 atom stereocenters. The number of aromatic amines is 1. The quantitative estimate of drug-likeness (QED) is 0.522. The van der Waals surface area contributed by atoms with Crippen molar-refractivity contribution in [1.82, 2.24) is 35.7 Å². The molecule has 0 fully saturated rings. The Balaban J connectivity index is 1.73. The highest BCUT2D eigenvalue weighted by molar-refractivity contribution is 6.27. The summed E-state index contributed by atoms with van der Waals surface area (Å²) in [6, 6.07) is 6.60. The zero-order valence-electron chi connectivity index (χ0n) is 18.4. The second-order valence-corrected chi connectivity index (χ2v) is 7.95. The van der Waals surface area contributed by atoms with Gasteiger partial charge < -0.3 is 10.1 Å². The lowest BCUT2D eigenvalue weighted by Gasteiger charge is -2.37. The van der Waals surface area contributed by atoms with Crippen LogP contribution in [0, 0.1) is 5.82 Å². The summed E-state index contributed by atoms with van der Waals surface area (Å²) in [5, 5.41) is 21.4. The molecule has 168 valence electrons. The van der Waals surface area contributed by atoms with Gasteiger partial charge >= 0.3 is 0 Å². The first kappa shape index (κ1) is 21.7. The van der Waals surface area contributed by atoms with Crippen LogP contribution in [0.4, 0.5) is 4.39 Å². The van der Waals surface area contributed by atoms with E-state index >= 15 is 4.39 Å². The van der Waals surface area contributed by atoms with E-state index in [2.05, 4.69) is 38.0 Å². The Morgan fingerprint density at radius 1 is 1.28 bits per heavy atom. The van der Waals surface area contributed by atoms with Gasteiger partial charge in [-0.05, 0) is 43.2 Å². The normalized spacial score (nSPS) is 18.7. The third kappa shape index (κ3) is 4.12. The van der Waals surface area contributed by atoms with Gasteiger partial charge in [0.15, 0.2) is 0 Å². The van der Waals surface area contributed by atoms with Crippen molar-refractivity contribution in [2.24, 2.45) is 0 Å². The number of carbonyl (C=O) groups excluding carboxylic acids is 1. The Labute approximate surface area is 185 Å². The molecule has 0 radical (unpaired) electrons. The third-order valence-corrected chi connectivity index (χ3v) is 5.59. The van der Waals surface area contributed by atoms with Gasteiger partial charge in [0.25, 0.3) is 5.91 Å². The number of ether oxygens (including phenoxy) is 1. The second kappa shape index (κ2) is 8.89. The maximum absolute atomic E-state index is 15.2. The molecular weight excluding hydrogens is 413 g/mol. The molecule has 10 heteroatoms. The van der Waals surface area contributed by atoms with Crippen molar-refractivity contribution < 1.29 is 13.9 Å². The minimum atomic E-state index is -0.998. The van der Waals surface area contributed by atoms with Gasteiger partial charge in [0.2, 0.25) is 5.82 Å².